The molecule has 0 bridgehead atoms. The molecule has 1 aliphatic rings. The summed E-state index contributed by atoms with van der Waals surface area (Å²) in [5.74, 6) is 0.346. The molecule has 4 amide bonds. The summed E-state index contributed by atoms with van der Waals surface area (Å²) >= 11 is 9.78. The Bertz CT molecular complexity index is 1530. The summed E-state index contributed by atoms with van der Waals surface area (Å²) in [7, 11) is 1.51. The molecule has 3 aromatic carbocycles. The molecule has 1 saturated heterocycles. The van der Waals surface area contributed by atoms with E-state index in [4.69, 9.17) is 30.5 Å². The Morgan fingerprint density at radius 1 is 0.952 bits per heavy atom. The van der Waals surface area contributed by atoms with E-state index in [0.717, 1.165) is 16.9 Å². The first-order chi connectivity index (χ1) is 20.2. The van der Waals surface area contributed by atoms with Crippen LogP contribution in [0.2, 0.25) is 5.02 Å². The highest BCUT2D eigenvalue weighted by atomic mass is 79.9. The fourth-order valence-corrected chi connectivity index (χ4v) is 4.93. The molecule has 4 rings (SSSR count). The Morgan fingerprint density at radius 2 is 1.74 bits per heavy atom. The van der Waals surface area contributed by atoms with Gasteiger partial charge in [0.05, 0.1) is 31.3 Å². The smallest absolute Gasteiger partial charge is 0.331 e. The Balaban J connectivity index is 1.59. The van der Waals surface area contributed by atoms with E-state index in [2.05, 4.69) is 21.2 Å². The minimum atomic E-state index is -0.813. The Labute approximate surface area is 257 Å². The number of hydrogen-bond acceptors (Lipinski definition) is 7. The number of methoxy groups -OCH3 is 1. The van der Waals surface area contributed by atoms with E-state index < -0.39 is 17.8 Å². The summed E-state index contributed by atoms with van der Waals surface area (Å²) in [4.78, 5) is 39.8. The highest BCUT2D eigenvalue weighted by Gasteiger charge is 2.36. The number of carbonyl (C=O) groups is 3. The van der Waals surface area contributed by atoms with E-state index in [0.29, 0.717) is 56.8 Å². The number of barbiturate groups is 1. The van der Waals surface area contributed by atoms with Gasteiger partial charge in [0.25, 0.3) is 11.8 Å². The van der Waals surface area contributed by atoms with Gasteiger partial charge < -0.3 is 18.9 Å². The largest absolute Gasteiger partial charge is 0.493 e. The molecule has 42 heavy (non-hydrogen) atoms. The van der Waals surface area contributed by atoms with Gasteiger partial charge >= 0.3 is 6.03 Å². The van der Waals surface area contributed by atoms with Gasteiger partial charge in [0, 0.05) is 10.6 Å². The van der Waals surface area contributed by atoms with Gasteiger partial charge in [0.15, 0.2) is 23.0 Å². The van der Waals surface area contributed by atoms with Gasteiger partial charge in [-0.15, -0.1) is 0 Å². The quantitative estimate of drug-likeness (QED) is 0.174. The highest BCUT2D eigenvalue weighted by molar-refractivity contribution is 9.10. The molecule has 0 spiro atoms. The van der Waals surface area contributed by atoms with Crippen molar-refractivity contribution in [2.24, 2.45) is 0 Å². The van der Waals surface area contributed by atoms with Crippen molar-refractivity contribution in [3.05, 3.63) is 86.4 Å². The fourth-order valence-electron chi connectivity index (χ4n) is 4.17. The van der Waals surface area contributed by atoms with Crippen LogP contribution in [0.4, 0.5) is 4.79 Å². The Hall–Kier alpha value is -4.02. The van der Waals surface area contributed by atoms with Crippen molar-refractivity contribution in [1.29, 1.82) is 0 Å². The van der Waals surface area contributed by atoms with Crippen LogP contribution in [0.25, 0.3) is 6.08 Å². The second kappa shape index (κ2) is 14.2. The summed E-state index contributed by atoms with van der Waals surface area (Å²) in [6.45, 7) is 4.82. The van der Waals surface area contributed by atoms with E-state index in [1.807, 2.05) is 32.0 Å². The standard InChI is InChI=1S/C31H30BrClN2O7/c1-4-12-41-25-11-10-19(15-26(25)39-3)17-35-30(37)22(29(36)34-31(35)38)13-20-14-23(32)28(27(16-20)40-5-2)42-18-21-8-6-7-9-24(21)33/h6-11,13-16H,4-5,12,17-18H2,1-3H3,(H,34,36,38)/b22-13+. The minimum Gasteiger partial charge on any atom is -0.493 e. The van der Waals surface area contributed by atoms with E-state index in [1.54, 1.807) is 36.4 Å². The molecule has 3 aromatic rings. The van der Waals surface area contributed by atoms with Crippen LogP contribution >= 0.6 is 27.5 Å². The van der Waals surface area contributed by atoms with Crippen molar-refractivity contribution >= 4 is 51.5 Å². The molecule has 0 radical (unpaired) electrons. The van der Waals surface area contributed by atoms with Crippen LogP contribution in [-0.2, 0) is 22.7 Å². The predicted octanol–water partition coefficient (Wildman–Crippen LogP) is 6.54. The second-order valence-electron chi connectivity index (χ2n) is 9.19. The Morgan fingerprint density at radius 3 is 2.45 bits per heavy atom. The second-order valence-corrected chi connectivity index (χ2v) is 10.4. The van der Waals surface area contributed by atoms with Crippen LogP contribution in [0.1, 0.15) is 37.0 Å². The van der Waals surface area contributed by atoms with Crippen LogP contribution < -0.4 is 24.3 Å². The molecule has 9 nitrogen and oxygen atoms in total. The maximum Gasteiger partial charge on any atom is 0.331 e. The topological polar surface area (TPSA) is 103 Å². The van der Waals surface area contributed by atoms with Crippen LogP contribution in [0.5, 0.6) is 23.0 Å². The molecule has 0 saturated carbocycles. The number of amides is 4. The number of imide groups is 2. The zero-order valence-electron chi connectivity index (χ0n) is 23.4. The number of rotatable bonds is 12. The molecule has 1 fully saturated rings. The van der Waals surface area contributed by atoms with Crippen molar-refractivity contribution in [2.45, 2.75) is 33.4 Å². The third-order valence-corrected chi connectivity index (χ3v) is 7.15. The lowest BCUT2D eigenvalue weighted by Gasteiger charge is -2.26. The van der Waals surface area contributed by atoms with E-state index in [1.165, 1.54) is 13.2 Å². The molecule has 1 N–H and O–H groups in total. The Kier molecular flexibility index (Phi) is 10.5. The lowest BCUT2D eigenvalue weighted by molar-refractivity contribution is -0.130. The van der Waals surface area contributed by atoms with E-state index >= 15 is 0 Å². The SMILES string of the molecule is CCCOc1ccc(CN2C(=O)NC(=O)/C(=C\c3cc(Br)c(OCc4ccccc4Cl)c(OCC)c3)C2=O)cc1OC. The molecule has 220 valence electrons. The normalized spacial score (nSPS) is 14.2. The molecule has 0 aromatic heterocycles. The van der Waals surface area contributed by atoms with Gasteiger partial charge in [-0.05, 0) is 76.8 Å². The van der Waals surface area contributed by atoms with Gasteiger partial charge in [0.1, 0.15) is 12.2 Å². The zero-order valence-corrected chi connectivity index (χ0v) is 25.7. The average Bonchev–Trinajstić information content (AvgIpc) is 2.97. The highest BCUT2D eigenvalue weighted by Crippen LogP contribution is 2.38. The zero-order chi connectivity index (χ0) is 30.2. The minimum absolute atomic E-state index is 0.0809. The predicted molar refractivity (Wildman–Crippen MR) is 162 cm³/mol. The van der Waals surface area contributed by atoms with Crippen LogP contribution in [0.15, 0.2) is 64.6 Å². The van der Waals surface area contributed by atoms with Gasteiger partial charge in [-0.2, -0.15) is 0 Å². The third-order valence-electron chi connectivity index (χ3n) is 6.19. The summed E-state index contributed by atoms with van der Waals surface area (Å²) in [5.41, 5.74) is 1.70. The van der Waals surface area contributed by atoms with Crippen molar-refractivity contribution in [3.8, 4) is 23.0 Å². The number of benzene rings is 3. The van der Waals surface area contributed by atoms with Gasteiger partial charge in [-0.25, -0.2) is 4.79 Å². The van der Waals surface area contributed by atoms with Crippen LogP contribution in [0.3, 0.4) is 0 Å². The number of hydrogen-bond donors (Lipinski definition) is 1. The maximum absolute atomic E-state index is 13.4. The van der Waals surface area contributed by atoms with Crippen molar-refractivity contribution in [2.75, 3.05) is 20.3 Å². The van der Waals surface area contributed by atoms with Gasteiger partial charge in [0.2, 0.25) is 0 Å². The number of urea groups is 1. The summed E-state index contributed by atoms with van der Waals surface area (Å²) in [6, 6.07) is 15.0. The van der Waals surface area contributed by atoms with Crippen molar-refractivity contribution in [1.82, 2.24) is 10.2 Å². The van der Waals surface area contributed by atoms with Crippen molar-refractivity contribution in [3.63, 3.8) is 0 Å². The molecule has 1 heterocycles. The molecular weight excluding hydrogens is 628 g/mol. The lowest BCUT2D eigenvalue weighted by atomic mass is 10.1. The first-order valence-corrected chi connectivity index (χ1v) is 14.4. The molecule has 1 aliphatic heterocycles. The molecule has 0 aliphatic carbocycles. The van der Waals surface area contributed by atoms with Gasteiger partial charge in [-0.1, -0.05) is 42.8 Å². The van der Waals surface area contributed by atoms with Crippen LogP contribution in [0, 0.1) is 0 Å². The number of halogens is 2. The number of nitrogens with one attached hydrogen (secondary N) is 1. The monoisotopic (exact) mass is 656 g/mol. The molecule has 11 heteroatoms. The van der Waals surface area contributed by atoms with E-state index in [9.17, 15) is 14.4 Å². The molecular formula is C31H30BrClN2O7. The maximum atomic E-state index is 13.4. The first-order valence-electron chi connectivity index (χ1n) is 13.3. The van der Waals surface area contributed by atoms with Gasteiger partial charge in [-0.3, -0.25) is 19.8 Å². The lowest BCUT2D eigenvalue weighted by Crippen LogP contribution is -2.53. The fraction of sp³-hybridized carbons (Fsp3) is 0.258. The summed E-state index contributed by atoms with van der Waals surface area (Å²) in [6.07, 6.45) is 2.24. The van der Waals surface area contributed by atoms with E-state index in [-0.39, 0.29) is 18.7 Å². The third kappa shape index (κ3) is 7.24. The average molecular weight is 658 g/mol. The number of ether oxygens (including phenoxy) is 4. The van der Waals surface area contributed by atoms with Crippen LogP contribution in [-0.4, -0.2) is 43.1 Å². The summed E-state index contributed by atoms with van der Waals surface area (Å²) < 4.78 is 23.5. The molecule has 0 unspecified atom stereocenters. The summed E-state index contributed by atoms with van der Waals surface area (Å²) in [5, 5.41) is 2.83. The van der Waals surface area contributed by atoms with Crippen molar-refractivity contribution < 1.29 is 33.3 Å². The number of nitrogens with zero attached hydrogens (tertiary/aromatic N) is 1. The molecule has 0 atom stereocenters. The first kappa shape index (κ1) is 30.9. The number of carbonyl (C=O) groups excluding carboxylic acids is 3.